The smallest absolute Gasteiger partial charge is 0.255 e. The van der Waals surface area contributed by atoms with Crippen molar-refractivity contribution in [2.24, 2.45) is 0 Å². The highest BCUT2D eigenvalue weighted by atomic mass is 35.5. The highest BCUT2D eigenvalue weighted by Gasteiger charge is 2.21. The summed E-state index contributed by atoms with van der Waals surface area (Å²) in [5, 5.41) is 8.35. The first-order chi connectivity index (χ1) is 15.3. The second-order valence-corrected chi connectivity index (χ2v) is 7.97. The summed E-state index contributed by atoms with van der Waals surface area (Å²) in [4.78, 5) is 13.1. The number of carbonyl (C=O) groups is 1. The zero-order chi connectivity index (χ0) is 23.3. The minimum Gasteiger partial charge on any atom is -0.490 e. The van der Waals surface area contributed by atoms with Gasteiger partial charge in [-0.05, 0) is 63.9 Å². The van der Waals surface area contributed by atoms with Crippen molar-refractivity contribution in [2.75, 3.05) is 13.2 Å². The van der Waals surface area contributed by atoms with Crippen molar-refractivity contribution in [1.82, 2.24) is 15.1 Å². The van der Waals surface area contributed by atoms with Crippen LogP contribution in [0.4, 0.5) is 0 Å². The molecule has 6 nitrogen and oxygen atoms in total. The molecule has 1 atom stereocenters. The molecule has 1 amide bonds. The highest BCUT2D eigenvalue weighted by Crippen LogP contribution is 2.31. The van der Waals surface area contributed by atoms with E-state index in [2.05, 4.69) is 10.4 Å². The van der Waals surface area contributed by atoms with Gasteiger partial charge >= 0.3 is 0 Å². The number of benzene rings is 2. The molecule has 7 heteroatoms. The third kappa shape index (κ3) is 5.25. The maximum absolute atomic E-state index is 13.1. The Bertz CT molecular complexity index is 1090. The molecule has 0 radical (unpaired) electrons. The molecule has 0 bridgehead atoms. The lowest BCUT2D eigenvalue weighted by molar-refractivity contribution is 0.0938. The van der Waals surface area contributed by atoms with E-state index in [-0.39, 0.29) is 11.9 Å². The van der Waals surface area contributed by atoms with Crippen LogP contribution in [0.1, 0.15) is 59.7 Å². The zero-order valence-electron chi connectivity index (χ0n) is 19.2. The predicted molar refractivity (Wildman–Crippen MR) is 127 cm³/mol. The minimum absolute atomic E-state index is 0.162. The Morgan fingerprint density at radius 3 is 2.47 bits per heavy atom. The van der Waals surface area contributed by atoms with E-state index in [0.29, 0.717) is 47.5 Å². The predicted octanol–water partition coefficient (Wildman–Crippen LogP) is 5.49. The Balaban J connectivity index is 1.79. The maximum atomic E-state index is 13.1. The number of amides is 1. The van der Waals surface area contributed by atoms with Gasteiger partial charge in [-0.3, -0.25) is 9.48 Å². The number of halogens is 1. The van der Waals surface area contributed by atoms with E-state index in [1.54, 1.807) is 0 Å². The summed E-state index contributed by atoms with van der Waals surface area (Å²) < 4.78 is 13.2. The summed E-state index contributed by atoms with van der Waals surface area (Å²) in [5.41, 5.74) is 3.96. The van der Waals surface area contributed by atoms with E-state index in [1.807, 2.05) is 81.8 Å². The van der Waals surface area contributed by atoms with Gasteiger partial charge in [0.1, 0.15) is 0 Å². The number of hydrogen-bond acceptors (Lipinski definition) is 4. The molecular formula is C25H30ClN3O3. The monoisotopic (exact) mass is 455 g/mol. The largest absolute Gasteiger partial charge is 0.490 e. The first-order valence-corrected chi connectivity index (χ1v) is 11.2. The van der Waals surface area contributed by atoms with Crippen LogP contribution < -0.4 is 14.8 Å². The fourth-order valence-electron chi connectivity index (χ4n) is 3.66. The van der Waals surface area contributed by atoms with E-state index in [0.717, 1.165) is 16.8 Å². The number of aryl methyl sites for hydroxylation is 1. The summed E-state index contributed by atoms with van der Waals surface area (Å²) in [6.07, 6.45) is 0. The SMILES string of the molecule is CCOc1ccc(C(C)NC(=O)c2c(C)nn(Cc3ccccc3Cl)c2C)cc1OCC. The van der Waals surface area contributed by atoms with Crippen molar-refractivity contribution in [2.45, 2.75) is 47.2 Å². The zero-order valence-corrected chi connectivity index (χ0v) is 20.0. The Kier molecular flexibility index (Phi) is 7.80. The third-order valence-electron chi connectivity index (χ3n) is 5.30. The second kappa shape index (κ2) is 10.6. The fourth-order valence-corrected chi connectivity index (χ4v) is 3.85. The van der Waals surface area contributed by atoms with Gasteiger partial charge in [0, 0.05) is 10.7 Å². The van der Waals surface area contributed by atoms with E-state index in [4.69, 9.17) is 21.1 Å². The van der Waals surface area contributed by atoms with Gasteiger partial charge in [0.15, 0.2) is 11.5 Å². The van der Waals surface area contributed by atoms with Crippen LogP contribution in [0, 0.1) is 13.8 Å². The maximum Gasteiger partial charge on any atom is 0.255 e. The number of nitrogens with one attached hydrogen (secondary N) is 1. The van der Waals surface area contributed by atoms with Crippen molar-refractivity contribution in [3.05, 3.63) is 75.6 Å². The molecule has 0 saturated carbocycles. The first kappa shape index (κ1) is 23.7. The molecule has 2 aromatic carbocycles. The molecule has 1 aromatic heterocycles. The van der Waals surface area contributed by atoms with E-state index < -0.39 is 0 Å². The summed E-state index contributed by atoms with van der Waals surface area (Å²) in [7, 11) is 0. The Labute approximate surface area is 194 Å². The summed E-state index contributed by atoms with van der Waals surface area (Å²) in [6, 6.07) is 13.2. The van der Waals surface area contributed by atoms with Crippen LogP contribution in [0.15, 0.2) is 42.5 Å². The van der Waals surface area contributed by atoms with Crippen molar-refractivity contribution < 1.29 is 14.3 Å². The molecule has 0 aliphatic carbocycles. The fraction of sp³-hybridized carbons (Fsp3) is 0.360. The van der Waals surface area contributed by atoms with Gasteiger partial charge in [-0.1, -0.05) is 35.9 Å². The van der Waals surface area contributed by atoms with Crippen LogP contribution in [-0.4, -0.2) is 28.9 Å². The molecule has 3 aromatic rings. The van der Waals surface area contributed by atoms with Crippen molar-refractivity contribution in [1.29, 1.82) is 0 Å². The Morgan fingerprint density at radius 2 is 1.78 bits per heavy atom. The van der Waals surface area contributed by atoms with Crippen LogP contribution in [0.2, 0.25) is 5.02 Å². The molecule has 0 spiro atoms. The van der Waals surface area contributed by atoms with Gasteiger partial charge in [-0.25, -0.2) is 0 Å². The van der Waals surface area contributed by atoms with Crippen LogP contribution in [0.25, 0.3) is 0 Å². The van der Waals surface area contributed by atoms with E-state index in [9.17, 15) is 4.79 Å². The summed E-state index contributed by atoms with van der Waals surface area (Å²) >= 11 is 6.30. The number of ether oxygens (including phenoxy) is 2. The molecule has 0 saturated heterocycles. The van der Waals surface area contributed by atoms with Crippen LogP contribution >= 0.6 is 11.6 Å². The number of nitrogens with zero attached hydrogens (tertiary/aromatic N) is 2. The van der Waals surface area contributed by atoms with Gasteiger partial charge in [-0.15, -0.1) is 0 Å². The van der Waals surface area contributed by atoms with Gasteiger partial charge in [-0.2, -0.15) is 5.10 Å². The minimum atomic E-state index is -0.219. The molecule has 1 heterocycles. The number of aromatic nitrogens is 2. The van der Waals surface area contributed by atoms with Crippen LogP contribution in [0.3, 0.4) is 0 Å². The van der Waals surface area contributed by atoms with E-state index in [1.165, 1.54) is 0 Å². The number of carbonyl (C=O) groups excluding carboxylic acids is 1. The second-order valence-electron chi connectivity index (χ2n) is 7.56. The molecule has 3 rings (SSSR count). The van der Waals surface area contributed by atoms with Gasteiger partial charge in [0.25, 0.3) is 5.91 Å². The molecule has 1 unspecified atom stereocenters. The molecule has 0 fully saturated rings. The molecule has 0 aliphatic heterocycles. The summed E-state index contributed by atoms with van der Waals surface area (Å²) in [6.45, 7) is 11.2. The lowest BCUT2D eigenvalue weighted by atomic mass is 10.1. The molecule has 1 N–H and O–H groups in total. The Hall–Kier alpha value is -2.99. The lowest BCUT2D eigenvalue weighted by Gasteiger charge is -2.18. The average Bonchev–Trinajstić information content (AvgIpc) is 3.04. The molecule has 0 aliphatic rings. The normalized spacial score (nSPS) is 11.8. The topological polar surface area (TPSA) is 65.4 Å². The van der Waals surface area contributed by atoms with Crippen molar-refractivity contribution in [3.63, 3.8) is 0 Å². The van der Waals surface area contributed by atoms with Crippen LogP contribution in [-0.2, 0) is 6.54 Å². The van der Waals surface area contributed by atoms with Crippen LogP contribution in [0.5, 0.6) is 11.5 Å². The van der Waals surface area contributed by atoms with Crippen molar-refractivity contribution in [3.8, 4) is 11.5 Å². The molecule has 170 valence electrons. The number of hydrogen-bond donors (Lipinski definition) is 1. The standard InChI is InChI=1S/C25H30ClN3O3/c1-6-31-22-13-12-19(14-23(22)32-7-2)16(3)27-25(30)24-17(4)28-29(18(24)5)15-20-10-8-9-11-21(20)26/h8-14,16H,6-7,15H2,1-5H3,(H,27,30). The first-order valence-electron chi connectivity index (χ1n) is 10.8. The van der Waals surface area contributed by atoms with Gasteiger partial charge < -0.3 is 14.8 Å². The quantitative estimate of drug-likeness (QED) is 0.463. The van der Waals surface area contributed by atoms with Crippen molar-refractivity contribution >= 4 is 17.5 Å². The molecule has 32 heavy (non-hydrogen) atoms. The van der Waals surface area contributed by atoms with Gasteiger partial charge in [0.2, 0.25) is 0 Å². The summed E-state index contributed by atoms with van der Waals surface area (Å²) in [5.74, 6) is 1.21. The average molecular weight is 456 g/mol. The molecular weight excluding hydrogens is 426 g/mol. The van der Waals surface area contributed by atoms with E-state index >= 15 is 0 Å². The van der Waals surface area contributed by atoms with Gasteiger partial charge in [0.05, 0.1) is 37.1 Å². The highest BCUT2D eigenvalue weighted by molar-refractivity contribution is 6.31. The lowest BCUT2D eigenvalue weighted by Crippen LogP contribution is -2.27. The number of rotatable bonds is 9. The Morgan fingerprint density at radius 1 is 1.09 bits per heavy atom. The third-order valence-corrected chi connectivity index (χ3v) is 5.67.